The van der Waals surface area contributed by atoms with Gasteiger partial charge in [0.15, 0.2) is 0 Å². The number of hydrogen-bond acceptors (Lipinski definition) is 5. The van der Waals surface area contributed by atoms with Gasteiger partial charge in [-0.05, 0) is 36.3 Å². The molecule has 0 N–H and O–H groups in total. The zero-order valence-electron chi connectivity index (χ0n) is 8.50. The molecule has 2 aromatic heterocycles. The SMILES string of the molecule is CN(Cc1ccncc1)Cc1csnn1. The normalized spacial score (nSPS) is 10.8. The lowest BCUT2D eigenvalue weighted by atomic mass is 10.2. The van der Waals surface area contributed by atoms with Gasteiger partial charge in [0.25, 0.3) is 0 Å². The van der Waals surface area contributed by atoms with Crippen LogP contribution in [0.15, 0.2) is 29.9 Å². The van der Waals surface area contributed by atoms with Crippen LogP contribution < -0.4 is 0 Å². The van der Waals surface area contributed by atoms with Gasteiger partial charge in [0, 0.05) is 30.9 Å². The van der Waals surface area contributed by atoms with Crippen LogP contribution in [0.3, 0.4) is 0 Å². The third kappa shape index (κ3) is 3.07. The summed E-state index contributed by atoms with van der Waals surface area (Å²) in [6.07, 6.45) is 3.63. The predicted molar refractivity (Wildman–Crippen MR) is 59.3 cm³/mol. The zero-order chi connectivity index (χ0) is 10.5. The topological polar surface area (TPSA) is 41.9 Å². The Labute approximate surface area is 92.8 Å². The largest absolute Gasteiger partial charge is 0.296 e. The van der Waals surface area contributed by atoms with Crippen molar-refractivity contribution in [3.63, 3.8) is 0 Å². The monoisotopic (exact) mass is 220 g/mol. The maximum Gasteiger partial charge on any atom is 0.0895 e. The van der Waals surface area contributed by atoms with Gasteiger partial charge in [0.1, 0.15) is 0 Å². The molecule has 0 saturated heterocycles. The molecule has 15 heavy (non-hydrogen) atoms. The Bertz CT molecular complexity index is 387. The summed E-state index contributed by atoms with van der Waals surface area (Å²) in [4.78, 5) is 6.19. The fourth-order valence-corrected chi connectivity index (χ4v) is 1.83. The highest BCUT2D eigenvalue weighted by Crippen LogP contribution is 2.06. The van der Waals surface area contributed by atoms with Crippen molar-refractivity contribution in [2.45, 2.75) is 13.1 Å². The molecule has 0 atom stereocenters. The molecule has 0 aliphatic carbocycles. The van der Waals surface area contributed by atoms with Crippen molar-refractivity contribution in [1.29, 1.82) is 0 Å². The predicted octanol–water partition coefficient (Wildman–Crippen LogP) is 1.57. The third-order valence-electron chi connectivity index (χ3n) is 2.04. The molecule has 4 nitrogen and oxygen atoms in total. The maximum atomic E-state index is 4.01. The highest BCUT2D eigenvalue weighted by Gasteiger charge is 2.03. The van der Waals surface area contributed by atoms with E-state index in [1.807, 2.05) is 29.9 Å². The van der Waals surface area contributed by atoms with Gasteiger partial charge in [-0.3, -0.25) is 9.88 Å². The minimum atomic E-state index is 0.832. The first kappa shape index (κ1) is 10.2. The number of nitrogens with zero attached hydrogens (tertiary/aromatic N) is 4. The van der Waals surface area contributed by atoms with Crippen molar-refractivity contribution in [2.24, 2.45) is 0 Å². The van der Waals surface area contributed by atoms with E-state index in [2.05, 4.69) is 26.5 Å². The molecule has 0 unspecified atom stereocenters. The standard InChI is InChI=1S/C10H12N4S/c1-14(7-10-8-15-13-12-10)6-9-2-4-11-5-3-9/h2-5,8H,6-7H2,1H3. The molecule has 0 spiro atoms. The highest BCUT2D eigenvalue weighted by atomic mass is 32.1. The average Bonchev–Trinajstić information content (AvgIpc) is 2.71. The summed E-state index contributed by atoms with van der Waals surface area (Å²) >= 11 is 1.39. The van der Waals surface area contributed by atoms with Crippen LogP contribution in [-0.4, -0.2) is 26.5 Å². The van der Waals surface area contributed by atoms with Crippen LogP contribution in [0.5, 0.6) is 0 Å². The Balaban J connectivity index is 1.90. The second kappa shape index (κ2) is 4.95. The van der Waals surface area contributed by atoms with Crippen LogP contribution in [0.2, 0.25) is 0 Å². The third-order valence-corrected chi connectivity index (χ3v) is 2.59. The van der Waals surface area contributed by atoms with E-state index in [9.17, 15) is 0 Å². The Morgan fingerprint density at radius 2 is 2.07 bits per heavy atom. The van der Waals surface area contributed by atoms with Gasteiger partial charge < -0.3 is 0 Å². The van der Waals surface area contributed by atoms with Crippen molar-refractivity contribution in [3.05, 3.63) is 41.2 Å². The molecule has 0 aromatic carbocycles. The molecule has 0 amide bonds. The first-order valence-corrected chi connectivity index (χ1v) is 5.51. The van der Waals surface area contributed by atoms with Gasteiger partial charge in [0.2, 0.25) is 0 Å². The summed E-state index contributed by atoms with van der Waals surface area (Å²) in [5, 5.41) is 5.99. The van der Waals surface area contributed by atoms with Crippen molar-refractivity contribution in [2.75, 3.05) is 7.05 Å². The van der Waals surface area contributed by atoms with E-state index in [0.29, 0.717) is 0 Å². The lowest BCUT2D eigenvalue weighted by Gasteiger charge is -2.14. The first-order chi connectivity index (χ1) is 7.34. The Kier molecular flexibility index (Phi) is 3.37. The molecule has 0 radical (unpaired) electrons. The van der Waals surface area contributed by atoms with E-state index >= 15 is 0 Å². The molecular weight excluding hydrogens is 208 g/mol. The van der Waals surface area contributed by atoms with Gasteiger partial charge >= 0.3 is 0 Å². The van der Waals surface area contributed by atoms with E-state index in [1.54, 1.807) is 0 Å². The van der Waals surface area contributed by atoms with Gasteiger partial charge in [-0.25, -0.2) is 0 Å². The van der Waals surface area contributed by atoms with Crippen molar-refractivity contribution >= 4 is 11.5 Å². The minimum absolute atomic E-state index is 0.832. The second-order valence-electron chi connectivity index (χ2n) is 3.42. The van der Waals surface area contributed by atoms with E-state index < -0.39 is 0 Å². The lowest BCUT2D eigenvalue weighted by Crippen LogP contribution is -2.17. The van der Waals surface area contributed by atoms with Crippen molar-refractivity contribution in [3.8, 4) is 0 Å². The number of hydrogen-bond donors (Lipinski definition) is 0. The fourth-order valence-electron chi connectivity index (χ4n) is 1.39. The average molecular weight is 220 g/mol. The van der Waals surface area contributed by atoms with Gasteiger partial charge in [0.05, 0.1) is 5.69 Å². The van der Waals surface area contributed by atoms with Crippen LogP contribution in [0.1, 0.15) is 11.3 Å². The molecule has 2 rings (SSSR count). The molecule has 5 heteroatoms. The molecule has 78 valence electrons. The van der Waals surface area contributed by atoms with E-state index in [0.717, 1.165) is 18.8 Å². The number of aromatic nitrogens is 3. The maximum absolute atomic E-state index is 4.01. The Morgan fingerprint density at radius 3 is 2.73 bits per heavy atom. The number of rotatable bonds is 4. The molecule has 2 aromatic rings. The Morgan fingerprint density at radius 1 is 1.27 bits per heavy atom. The zero-order valence-corrected chi connectivity index (χ0v) is 9.31. The van der Waals surface area contributed by atoms with Crippen LogP contribution in [-0.2, 0) is 13.1 Å². The Hall–Kier alpha value is -1.33. The summed E-state index contributed by atoms with van der Waals surface area (Å²) in [5.41, 5.74) is 2.28. The van der Waals surface area contributed by atoms with E-state index in [1.165, 1.54) is 17.1 Å². The molecule has 0 aliphatic heterocycles. The van der Waals surface area contributed by atoms with Crippen LogP contribution in [0.4, 0.5) is 0 Å². The number of pyridine rings is 1. The summed E-state index contributed by atoms with van der Waals surface area (Å²) in [6, 6.07) is 4.05. The molecule has 2 heterocycles. The second-order valence-corrected chi connectivity index (χ2v) is 4.03. The van der Waals surface area contributed by atoms with Crippen molar-refractivity contribution < 1.29 is 0 Å². The fraction of sp³-hybridized carbons (Fsp3) is 0.300. The molecule has 0 saturated carbocycles. The van der Waals surface area contributed by atoms with Crippen LogP contribution in [0, 0.1) is 0 Å². The molecular formula is C10H12N4S. The molecule has 0 bridgehead atoms. The summed E-state index contributed by atoms with van der Waals surface area (Å²) in [6.45, 7) is 1.73. The quantitative estimate of drug-likeness (QED) is 0.784. The van der Waals surface area contributed by atoms with Gasteiger partial charge in [-0.15, -0.1) is 5.10 Å². The van der Waals surface area contributed by atoms with E-state index in [4.69, 9.17) is 0 Å². The lowest BCUT2D eigenvalue weighted by molar-refractivity contribution is 0.315. The summed E-state index contributed by atoms with van der Waals surface area (Å²) in [7, 11) is 2.07. The van der Waals surface area contributed by atoms with Gasteiger partial charge in [-0.1, -0.05) is 4.49 Å². The van der Waals surface area contributed by atoms with E-state index in [-0.39, 0.29) is 0 Å². The summed E-state index contributed by atoms with van der Waals surface area (Å²) < 4.78 is 3.84. The first-order valence-electron chi connectivity index (χ1n) is 4.68. The molecule has 0 fully saturated rings. The smallest absolute Gasteiger partial charge is 0.0895 e. The van der Waals surface area contributed by atoms with Crippen LogP contribution >= 0.6 is 11.5 Å². The van der Waals surface area contributed by atoms with Crippen molar-refractivity contribution in [1.82, 2.24) is 19.5 Å². The van der Waals surface area contributed by atoms with Gasteiger partial charge in [-0.2, -0.15) is 0 Å². The summed E-state index contributed by atoms with van der Waals surface area (Å²) in [5.74, 6) is 0. The van der Waals surface area contributed by atoms with Crippen LogP contribution in [0.25, 0.3) is 0 Å². The highest BCUT2D eigenvalue weighted by molar-refractivity contribution is 7.03. The molecule has 0 aliphatic rings. The minimum Gasteiger partial charge on any atom is -0.296 e.